The van der Waals surface area contributed by atoms with Crippen molar-refractivity contribution in [3.63, 3.8) is 0 Å². The first-order valence-corrected chi connectivity index (χ1v) is 9.83. The van der Waals surface area contributed by atoms with Gasteiger partial charge in [0.05, 0.1) is 0 Å². The molecule has 22 heavy (non-hydrogen) atoms. The number of piperidine rings is 3. The zero-order chi connectivity index (χ0) is 15.4. The first kappa shape index (κ1) is 16.7. The van der Waals surface area contributed by atoms with Gasteiger partial charge in [-0.2, -0.15) is 0 Å². The molecule has 0 radical (unpaired) electrons. The minimum absolute atomic E-state index is 0.821. The molecule has 0 aliphatic carbocycles. The van der Waals surface area contributed by atoms with Crippen molar-refractivity contribution in [1.29, 1.82) is 0 Å². The Bertz CT molecular complexity index is 277. The molecule has 3 rings (SSSR count). The molecule has 3 saturated heterocycles. The summed E-state index contributed by atoms with van der Waals surface area (Å²) in [5, 5.41) is 3.78. The van der Waals surface area contributed by atoms with Crippen molar-refractivity contribution in [2.24, 2.45) is 17.8 Å². The van der Waals surface area contributed by atoms with Crippen LogP contribution in [0.3, 0.4) is 0 Å². The van der Waals surface area contributed by atoms with Gasteiger partial charge in [0.2, 0.25) is 0 Å². The fourth-order valence-electron chi connectivity index (χ4n) is 4.68. The van der Waals surface area contributed by atoms with Crippen LogP contribution in [0.15, 0.2) is 0 Å². The third-order valence-electron chi connectivity index (χ3n) is 6.44. The van der Waals surface area contributed by atoms with Gasteiger partial charge in [0.1, 0.15) is 0 Å². The highest BCUT2D eigenvalue weighted by atomic mass is 15.1. The van der Waals surface area contributed by atoms with Gasteiger partial charge in [0.25, 0.3) is 0 Å². The molecule has 3 aliphatic heterocycles. The second-order valence-corrected chi connectivity index (χ2v) is 8.51. The molecule has 3 nitrogen and oxygen atoms in total. The molecule has 0 aromatic heterocycles. The van der Waals surface area contributed by atoms with Crippen molar-refractivity contribution < 1.29 is 0 Å². The Balaban J connectivity index is 1.32. The Morgan fingerprint density at radius 1 is 0.864 bits per heavy atom. The van der Waals surface area contributed by atoms with E-state index < -0.39 is 0 Å². The lowest BCUT2D eigenvalue weighted by atomic mass is 9.85. The van der Waals surface area contributed by atoms with Crippen LogP contribution < -0.4 is 5.32 Å². The van der Waals surface area contributed by atoms with Crippen molar-refractivity contribution in [2.75, 3.05) is 46.3 Å². The summed E-state index contributed by atoms with van der Waals surface area (Å²) >= 11 is 0. The molecule has 0 saturated carbocycles. The molecule has 3 fully saturated rings. The Morgan fingerprint density at radius 3 is 2.18 bits per heavy atom. The van der Waals surface area contributed by atoms with E-state index >= 15 is 0 Å². The molecule has 0 aromatic rings. The van der Waals surface area contributed by atoms with Crippen molar-refractivity contribution in [3.8, 4) is 0 Å². The summed E-state index contributed by atoms with van der Waals surface area (Å²) in [5.41, 5.74) is 0. The summed E-state index contributed by atoms with van der Waals surface area (Å²) in [7, 11) is 2.27. The zero-order valence-corrected chi connectivity index (χ0v) is 14.9. The molecule has 0 spiro atoms. The Morgan fingerprint density at radius 2 is 1.55 bits per heavy atom. The second kappa shape index (κ2) is 8.12. The Hall–Kier alpha value is -0.120. The van der Waals surface area contributed by atoms with Crippen molar-refractivity contribution in [1.82, 2.24) is 15.1 Å². The molecular weight excluding hydrogens is 270 g/mol. The van der Waals surface area contributed by atoms with Crippen LogP contribution in [-0.2, 0) is 0 Å². The summed E-state index contributed by atoms with van der Waals surface area (Å²) in [5.74, 6) is 2.85. The van der Waals surface area contributed by atoms with E-state index in [0.717, 1.165) is 23.8 Å². The topological polar surface area (TPSA) is 18.5 Å². The fourth-order valence-corrected chi connectivity index (χ4v) is 4.68. The predicted molar refractivity (Wildman–Crippen MR) is 94.2 cm³/mol. The lowest BCUT2D eigenvalue weighted by molar-refractivity contribution is 0.119. The number of nitrogens with zero attached hydrogens (tertiary/aromatic N) is 2. The zero-order valence-electron chi connectivity index (χ0n) is 14.9. The van der Waals surface area contributed by atoms with E-state index in [-0.39, 0.29) is 0 Å². The van der Waals surface area contributed by atoms with Gasteiger partial charge in [-0.25, -0.2) is 0 Å². The van der Waals surface area contributed by atoms with Crippen LogP contribution >= 0.6 is 0 Å². The SMILES string of the molecule is C[C@H]1CCC(CC2CCN(CC3CCN(C)CC3)CC2)NC1. The summed E-state index contributed by atoms with van der Waals surface area (Å²) < 4.78 is 0. The van der Waals surface area contributed by atoms with E-state index in [1.54, 1.807) is 0 Å². The maximum atomic E-state index is 3.78. The van der Waals surface area contributed by atoms with Gasteiger partial charge in [0, 0.05) is 12.6 Å². The number of hydrogen-bond donors (Lipinski definition) is 1. The second-order valence-electron chi connectivity index (χ2n) is 8.51. The lowest BCUT2D eigenvalue weighted by Gasteiger charge is -2.38. The average molecular weight is 308 g/mol. The van der Waals surface area contributed by atoms with Crippen LogP contribution in [0.25, 0.3) is 0 Å². The van der Waals surface area contributed by atoms with Gasteiger partial charge >= 0.3 is 0 Å². The predicted octanol–water partition coefficient (Wildman–Crippen LogP) is 2.82. The summed E-state index contributed by atoms with van der Waals surface area (Å²) in [6.45, 7) is 10.4. The highest BCUT2D eigenvalue weighted by Crippen LogP contribution is 2.27. The maximum Gasteiger partial charge on any atom is 0.00699 e. The van der Waals surface area contributed by atoms with Crippen LogP contribution in [-0.4, -0.2) is 62.2 Å². The van der Waals surface area contributed by atoms with Gasteiger partial charge in [-0.05, 0) is 102 Å². The van der Waals surface area contributed by atoms with Crippen LogP contribution in [0.1, 0.15) is 51.9 Å². The van der Waals surface area contributed by atoms with Gasteiger partial charge < -0.3 is 15.1 Å². The first-order chi connectivity index (χ1) is 10.7. The molecule has 0 bridgehead atoms. The summed E-state index contributed by atoms with van der Waals surface area (Å²) in [4.78, 5) is 5.25. The monoisotopic (exact) mass is 307 g/mol. The quantitative estimate of drug-likeness (QED) is 0.861. The molecule has 128 valence electrons. The van der Waals surface area contributed by atoms with E-state index in [0.29, 0.717) is 0 Å². The van der Waals surface area contributed by atoms with Gasteiger partial charge in [-0.3, -0.25) is 0 Å². The van der Waals surface area contributed by atoms with Crippen molar-refractivity contribution in [2.45, 2.75) is 57.9 Å². The fraction of sp³-hybridized carbons (Fsp3) is 1.00. The van der Waals surface area contributed by atoms with Gasteiger partial charge in [0.15, 0.2) is 0 Å². The lowest BCUT2D eigenvalue weighted by Crippen LogP contribution is -2.43. The van der Waals surface area contributed by atoms with E-state index in [4.69, 9.17) is 0 Å². The number of rotatable bonds is 4. The van der Waals surface area contributed by atoms with E-state index in [2.05, 4.69) is 29.1 Å². The molecule has 1 unspecified atom stereocenters. The highest BCUT2D eigenvalue weighted by Gasteiger charge is 2.26. The summed E-state index contributed by atoms with van der Waals surface area (Å²) in [6.07, 6.45) is 10.0. The summed E-state index contributed by atoms with van der Waals surface area (Å²) in [6, 6.07) is 0.821. The minimum Gasteiger partial charge on any atom is -0.314 e. The normalized spacial score (nSPS) is 34.1. The van der Waals surface area contributed by atoms with Gasteiger partial charge in [-0.15, -0.1) is 0 Å². The number of likely N-dealkylation sites (tertiary alicyclic amines) is 2. The Labute approximate surface area is 137 Å². The molecule has 0 amide bonds. The smallest absolute Gasteiger partial charge is 0.00699 e. The molecule has 0 aromatic carbocycles. The maximum absolute atomic E-state index is 3.78. The molecular formula is C19H37N3. The molecule has 1 N–H and O–H groups in total. The largest absolute Gasteiger partial charge is 0.314 e. The van der Waals surface area contributed by atoms with Crippen LogP contribution in [0.4, 0.5) is 0 Å². The molecule has 2 atom stereocenters. The number of nitrogens with one attached hydrogen (secondary N) is 1. The van der Waals surface area contributed by atoms with Crippen LogP contribution in [0, 0.1) is 17.8 Å². The van der Waals surface area contributed by atoms with Crippen molar-refractivity contribution >= 4 is 0 Å². The van der Waals surface area contributed by atoms with E-state index in [9.17, 15) is 0 Å². The van der Waals surface area contributed by atoms with E-state index in [1.165, 1.54) is 84.2 Å². The third-order valence-corrected chi connectivity index (χ3v) is 6.44. The van der Waals surface area contributed by atoms with E-state index in [1.807, 2.05) is 0 Å². The third kappa shape index (κ3) is 4.94. The van der Waals surface area contributed by atoms with Crippen LogP contribution in [0.5, 0.6) is 0 Å². The molecule has 3 heteroatoms. The standard InChI is InChI=1S/C19H37N3/c1-16-3-4-19(20-14-16)13-17-7-11-22(12-8-17)15-18-5-9-21(2)10-6-18/h16-20H,3-15H2,1-2H3/t16-,19?/m0/s1. The van der Waals surface area contributed by atoms with Gasteiger partial charge in [-0.1, -0.05) is 6.92 Å². The average Bonchev–Trinajstić information content (AvgIpc) is 2.54. The molecule has 3 heterocycles. The van der Waals surface area contributed by atoms with Crippen LogP contribution in [0.2, 0.25) is 0 Å². The first-order valence-electron chi connectivity index (χ1n) is 9.83. The Kier molecular flexibility index (Phi) is 6.17. The van der Waals surface area contributed by atoms with Crippen molar-refractivity contribution in [3.05, 3.63) is 0 Å². The minimum atomic E-state index is 0.821. The molecule has 3 aliphatic rings. The highest BCUT2D eigenvalue weighted by molar-refractivity contribution is 4.82. The number of hydrogen-bond acceptors (Lipinski definition) is 3.